The minimum atomic E-state index is 0.804. The van der Waals surface area contributed by atoms with Gasteiger partial charge in [-0.3, -0.25) is 0 Å². The predicted octanol–water partition coefficient (Wildman–Crippen LogP) is 2.56. The first kappa shape index (κ1) is 12.4. The maximum Gasteiger partial charge on any atom is 0.153 e. The largest absolute Gasteiger partial charge is 0.198 e. The van der Waals surface area contributed by atoms with Crippen molar-refractivity contribution in [2.75, 3.05) is 0 Å². The number of tetrazole rings is 1. The Hall–Kier alpha value is -1.71. The molecule has 0 N–H and O–H groups in total. The number of hydrogen-bond donors (Lipinski definition) is 0. The van der Waals surface area contributed by atoms with E-state index in [9.17, 15) is 0 Å². The third kappa shape index (κ3) is 2.66. The molecule has 16 heavy (non-hydrogen) atoms. The first-order valence-corrected chi connectivity index (χ1v) is 5.65. The van der Waals surface area contributed by atoms with Gasteiger partial charge in [-0.05, 0) is 41.5 Å². The number of benzene rings is 1. The van der Waals surface area contributed by atoms with E-state index in [0.29, 0.717) is 0 Å². The van der Waals surface area contributed by atoms with E-state index in [2.05, 4.69) is 34.6 Å². The fourth-order valence-corrected chi connectivity index (χ4v) is 1.38. The number of hydrogen-bond acceptors (Lipinski definition) is 3. The van der Waals surface area contributed by atoms with E-state index < -0.39 is 0 Å². The standard InChI is InChI=1S/C10H12N4.C2H6/c1-3-9-5-4-6-10(7-9)14-8(2)11-12-13-14;1-2/h4-7H,3H2,1-2H3;1-2H3. The fourth-order valence-electron chi connectivity index (χ4n) is 1.38. The number of nitrogens with zero attached hydrogens (tertiary/aromatic N) is 4. The summed E-state index contributed by atoms with van der Waals surface area (Å²) in [5.74, 6) is 0.804. The topological polar surface area (TPSA) is 43.6 Å². The van der Waals surface area contributed by atoms with Crippen molar-refractivity contribution >= 4 is 0 Å². The van der Waals surface area contributed by atoms with Crippen molar-refractivity contribution in [1.82, 2.24) is 20.2 Å². The molecule has 0 aliphatic heterocycles. The fraction of sp³-hybridized carbons (Fsp3) is 0.417. The van der Waals surface area contributed by atoms with Gasteiger partial charge in [0, 0.05) is 0 Å². The summed E-state index contributed by atoms with van der Waals surface area (Å²) in [5, 5.41) is 11.4. The lowest BCUT2D eigenvalue weighted by atomic mass is 10.1. The van der Waals surface area contributed by atoms with Gasteiger partial charge in [0.2, 0.25) is 0 Å². The molecule has 0 aliphatic rings. The summed E-state index contributed by atoms with van der Waals surface area (Å²) in [5.41, 5.74) is 2.31. The minimum absolute atomic E-state index is 0.804. The zero-order valence-corrected chi connectivity index (χ0v) is 10.3. The molecule has 2 aromatic rings. The number of aromatic nitrogens is 4. The quantitative estimate of drug-likeness (QED) is 0.778. The van der Waals surface area contributed by atoms with Crippen LogP contribution in [0.3, 0.4) is 0 Å². The highest BCUT2D eigenvalue weighted by molar-refractivity contribution is 5.35. The van der Waals surface area contributed by atoms with Crippen LogP contribution in [0.4, 0.5) is 0 Å². The zero-order valence-electron chi connectivity index (χ0n) is 10.3. The lowest BCUT2D eigenvalue weighted by molar-refractivity contribution is 0.778. The van der Waals surface area contributed by atoms with Crippen LogP contribution in [0.15, 0.2) is 24.3 Å². The number of rotatable bonds is 2. The lowest BCUT2D eigenvalue weighted by Crippen LogP contribution is -1.99. The average Bonchev–Trinajstić information content (AvgIpc) is 2.78. The van der Waals surface area contributed by atoms with Crippen LogP contribution in [0.1, 0.15) is 32.2 Å². The first-order chi connectivity index (χ1) is 7.81. The average molecular weight is 218 g/mol. The van der Waals surface area contributed by atoms with Crippen LogP contribution in [0, 0.1) is 6.92 Å². The highest BCUT2D eigenvalue weighted by Crippen LogP contribution is 2.10. The van der Waals surface area contributed by atoms with Crippen molar-refractivity contribution in [2.24, 2.45) is 0 Å². The van der Waals surface area contributed by atoms with E-state index in [0.717, 1.165) is 17.9 Å². The maximum absolute atomic E-state index is 3.92. The molecule has 0 aliphatic carbocycles. The highest BCUT2D eigenvalue weighted by atomic mass is 15.5. The minimum Gasteiger partial charge on any atom is -0.198 e. The van der Waals surface area contributed by atoms with Gasteiger partial charge in [-0.25, -0.2) is 0 Å². The SMILES string of the molecule is CC.CCc1cccc(-n2nnnc2C)c1. The predicted molar refractivity (Wildman–Crippen MR) is 64.6 cm³/mol. The molecule has 0 bridgehead atoms. The molecular formula is C12H18N4. The summed E-state index contributed by atoms with van der Waals surface area (Å²) in [6, 6.07) is 8.23. The Morgan fingerprint density at radius 1 is 1.25 bits per heavy atom. The molecule has 0 saturated heterocycles. The van der Waals surface area contributed by atoms with E-state index in [4.69, 9.17) is 0 Å². The normalized spacial score (nSPS) is 9.50. The molecule has 2 rings (SSSR count). The molecule has 1 aromatic carbocycles. The highest BCUT2D eigenvalue weighted by Gasteiger charge is 2.02. The molecule has 0 amide bonds. The van der Waals surface area contributed by atoms with Gasteiger partial charge in [-0.15, -0.1) is 5.10 Å². The summed E-state index contributed by atoms with van der Waals surface area (Å²) in [6.07, 6.45) is 1.02. The molecule has 0 radical (unpaired) electrons. The molecule has 4 nitrogen and oxygen atoms in total. The Bertz CT molecular complexity index is 434. The number of aryl methyl sites for hydroxylation is 2. The van der Waals surface area contributed by atoms with Gasteiger partial charge < -0.3 is 0 Å². The van der Waals surface area contributed by atoms with Gasteiger partial charge in [0.1, 0.15) is 0 Å². The van der Waals surface area contributed by atoms with Crippen LogP contribution in [0.25, 0.3) is 5.69 Å². The second-order valence-electron chi connectivity index (χ2n) is 3.16. The van der Waals surface area contributed by atoms with Gasteiger partial charge in [0.25, 0.3) is 0 Å². The maximum atomic E-state index is 3.92. The Kier molecular flexibility index (Phi) is 4.64. The molecule has 0 spiro atoms. The van der Waals surface area contributed by atoms with Crippen LogP contribution >= 0.6 is 0 Å². The summed E-state index contributed by atoms with van der Waals surface area (Å²) >= 11 is 0. The molecule has 0 unspecified atom stereocenters. The molecule has 0 fully saturated rings. The van der Waals surface area contributed by atoms with Crippen molar-refractivity contribution in [1.29, 1.82) is 0 Å². The van der Waals surface area contributed by atoms with Gasteiger partial charge in [0.05, 0.1) is 5.69 Å². The molecule has 1 aromatic heterocycles. The smallest absolute Gasteiger partial charge is 0.153 e. The molecule has 0 saturated carbocycles. The Morgan fingerprint density at radius 3 is 2.56 bits per heavy atom. The lowest BCUT2D eigenvalue weighted by Gasteiger charge is -2.03. The van der Waals surface area contributed by atoms with E-state index in [1.54, 1.807) is 4.68 Å². The third-order valence-corrected chi connectivity index (χ3v) is 2.19. The van der Waals surface area contributed by atoms with Crippen LogP contribution in [0.2, 0.25) is 0 Å². The van der Waals surface area contributed by atoms with Crippen molar-refractivity contribution in [2.45, 2.75) is 34.1 Å². The Morgan fingerprint density at radius 2 is 2.00 bits per heavy atom. The van der Waals surface area contributed by atoms with Gasteiger partial charge in [-0.2, -0.15) is 4.68 Å². The van der Waals surface area contributed by atoms with E-state index in [1.807, 2.05) is 32.9 Å². The van der Waals surface area contributed by atoms with E-state index in [-0.39, 0.29) is 0 Å². The van der Waals surface area contributed by atoms with Gasteiger partial charge in [0.15, 0.2) is 5.82 Å². The van der Waals surface area contributed by atoms with Crippen molar-refractivity contribution in [3.8, 4) is 5.69 Å². The van der Waals surface area contributed by atoms with Crippen molar-refractivity contribution in [3.05, 3.63) is 35.7 Å². The summed E-state index contributed by atoms with van der Waals surface area (Å²) in [6.45, 7) is 8.02. The molecule has 86 valence electrons. The summed E-state index contributed by atoms with van der Waals surface area (Å²) in [4.78, 5) is 0. The van der Waals surface area contributed by atoms with Crippen LogP contribution < -0.4 is 0 Å². The molecule has 4 heteroatoms. The van der Waals surface area contributed by atoms with Crippen LogP contribution in [-0.2, 0) is 6.42 Å². The molecular weight excluding hydrogens is 200 g/mol. The van der Waals surface area contributed by atoms with Crippen molar-refractivity contribution < 1.29 is 0 Å². The Labute approximate surface area is 96.3 Å². The summed E-state index contributed by atoms with van der Waals surface area (Å²) < 4.78 is 1.74. The van der Waals surface area contributed by atoms with Gasteiger partial charge >= 0.3 is 0 Å². The van der Waals surface area contributed by atoms with Crippen molar-refractivity contribution in [3.63, 3.8) is 0 Å². The van der Waals surface area contributed by atoms with Crippen LogP contribution in [-0.4, -0.2) is 20.2 Å². The monoisotopic (exact) mass is 218 g/mol. The van der Waals surface area contributed by atoms with E-state index >= 15 is 0 Å². The zero-order chi connectivity index (χ0) is 12.0. The van der Waals surface area contributed by atoms with Crippen LogP contribution in [0.5, 0.6) is 0 Å². The molecule has 0 atom stereocenters. The third-order valence-electron chi connectivity index (χ3n) is 2.19. The Balaban J connectivity index is 0.000000606. The summed E-state index contributed by atoms with van der Waals surface area (Å²) in [7, 11) is 0. The second-order valence-corrected chi connectivity index (χ2v) is 3.16. The second kappa shape index (κ2) is 6.00. The van der Waals surface area contributed by atoms with E-state index in [1.165, 1.54) is 5.56 Å². The van der Waals surface area contributed by atoms with Gasteiger partial charge in [-0.1, -0.05) is 32.9 Å². The molecule has 1 heterocycles. The first-order valence-electron chi connectivity index (χ1n) is 5.65.